The zero-order valence-corrected chi connectivity index (χ0v) is 10.8. The Hall–Kier alpha value is -1.74. The van der Waals surface area contributed by atoms with Crippen LogP contribution in [0.4, 0.5) is 0 Å². The van der Waals surface area contributed by atoms with Crippen LogP contribution in [-0.2, 0) is 0 Å². The first kappa shape index (κ1) is 13.3. The molecule has 0 fully saturated rings. The lowest BCUT2D eigenvalue weighted by Crippen LogP contribution is -1.82. The van der Waals surface area contributed by atoms with Crippen LogP contribution in [0.5, 0.6) is 0 Å². The summed E-state index contributed by atoms with van der Waals surface area (Å²) in [7, 11) is 0. The Morgan fingerprint density at radius 2 is 1.88 bits per heavy atom. The van der Waals surface area contributed by atoms with Gasteiger partial charge in [0.2, 0.25) is 0 Å². The van der Waals surface area contributed by atoms with Crippen molar-refractivity contribution in [2.24, 2.45) is 0 Å². The van der Waals surface area contributed by atoms with Crippen molar-refractivity contribution in [3.05, 3.63) is 58.6 Å². The van der Waals surface area contributed by atoms with E-state index in [9.17, 15) is 4.79 Å². The fourth-order valence-corrected chi connectivity index (χ4v) is 2.09. The standard InChI is InChI=1S/C12H9NOS.C2H6/c1-9(10-4-6-13-7-5-10)12-3-2-11(8-14)15-12;1-2/h2-8H,1H2;1-2H3. The van der Waals surface area contributed by atoms with Crippen LogP contribution in [0.2, 0.25) is 0 Å². The summed E-state index contributed by atoms with van der Waals surface area (Å²) in [6.07, 6.45) is 4.32. The van der Waals surface area contributed by atoms with E-state index in [0.29, 0.717) is 0 Å². The van der Waals surface area contributed by atoms with Crippen molar-refractivity contribution in [2.75, 3.05) is 0 Å². The first-order valence-electron chi connectivity index (χ1n) is 5.46. The SMILES string of the molecule is C=C(c1ccncc1)c1ccc(C=O)s1.CC. The van der Waals surface area contributed by atoms with E-state index in [2.05, 4.69) is 11.6 Å². The fraction of sp³-hybridized carbons (Fsp3) is 0.143. The fourth-order valence-electron chi connectivity index (χ4n) is 1.27. The number of carbonyl (C=O) groups excluding carboxylic acids is 1. The number of nitrogens with zero attached hydrogens (tertiary/aromatic N) is 1. The van der Waals surface area contributed by atoms with Crippen molar-refractivity contribution in [1.82, 2.24) is 4.98 Å². The Kier molecular flexibility index (Phi) is 5.30. The van der Waals surface area contributed by atoms with Crippen LogP contribution in [-0.4, -0.2) is 11.3 Å². The van der Waals surface area contributed by atoms with E-state index in [1.54, 1.807) is 18.5 Å². The minimum Gasteiger partial charge on any atom is -0.297 e. The average molecular weight is 245 g/mol. The van der Waals surface area contributed by atoms with Gasteiger partial charge in [-0.05, 0) is 35.4 Å². The van der Waals surface area contributed by atoms with Crippen LogP contribution in [0.1, 0.15) is 34.0 Å². The van der Waals surface area contributed by atoms with Gasteiger partial charge >= 0.3 is 0 Å². The van der Waals surface area contributed by atoms with Crippen molar-refractivity contribution >= 4 is 23.2 Å². The third-order valence-electron chi connectivity index (χ3n) is 2.07. The van der Waals surface area contributed by atoms with Crippen LogP contribution >= 0.6 is 11.3 Å². The molecule has 2 rings (SSSR count). The maximum Gasteiger partial charge on any atom is 0.160 e. The molecule has 0 unspecified atom stereocenters. The molecule has 0 aliphatic rings. The summed E-state index contributed by atoms with van der Waals surface area (Å²) < 4.78 is 0. The predicted octanol–water partition coefficient (Wildman–Crippen LogP) is 4.04. The molecule has 0 aromatic carbocycles. The highest BCUT2D eigenvalue weighted by Gasteiger charge is 2.05. The molecular weight excluding hydrogens is 230 g/mol. The lowest BCUT2D eigenvalue weighted by Gasteiger charge is -2.01. The molecule has 2 nitrogen and oxygen atoms in total. The van der Waals surface area contributed by atoms with Crippen molar-refractivity contribution in [3.63, 3.8) is 0 Å². The van der Waals surface area contributed by atoms with Crippen molar-refractivity contribution in [1.29, 1.82) is 0 Å². The molecule has 0 atom stereocenters. The molecule has 0 bridgehead atoms. The third-order valence-corrected chi connectivity index (χ3v) is 3.14. The van der Waals surface area contributed by atoms with Gasteiger partial charge in [0.1, 0.15) is 0 Å². The molecular formula is C14H15NOS. The van der Waals surface area contributed by atoms with Crippen LogP contribution in [0.25, 0.3) is 5.57 Å². The molecule has 2 aromatic heterocycles. The van der Waals surface area contributed by atoms with E-state index in [0.717, 1.165) is 27.2 Å². The summed E-state index contributed by atoms with van der Waals surface area (Å²) in [5.74, 6) is 0. The largest absolute Gasteiger partial charge is 0.297 e. The van der Waals surface area contributed by atoms with Crippen LogP contribution in [0.15, 0.2) is 43.2 Å². The molecule has 2 heterocycles. The molecule has 17 heavy (non-hydrogen) atoms. The Morgan fingerprint density at radius 1 is 1.24 bits per heavy atom. The van der Waals surface area contributed by atoms with Gasteiger partial charge in [-0.3, -0.25) is 9.78 Å². The minimum atomic E-state index is 0.722. The molecule has 0 radical (unpaired) electrons. The van der Waals surface area contributed by atoms with E-state index in [1.807, 2.05) is 32.0 Å². The summed E-state index contributed by atoms with van der Waals surface area (Å²) >= 11 is 1.45. The number of carbonyl (C=O) groups is 1. The van der Waals surface area contributed by atoms with E-state index in [4.69, 9.17) is 0 Å². The first-order chi connectivity index (χ1) is 8.31. The molecule has 2 aromatic rings. The zero-order chi connectivity index (χ0) is 12.7. The summed E-state index contributed by atoms with van der Waals surface area (Å²) in [5.41, 5.74) is 1.96. The molecule has 3 heteroatoms. The van der Waals surface area contributed by atoms with Crippen molar-refractivity contribution in [2.45, 2.75) is 13.8 Å². The van der Waals surface area contributed by atoms with Gasteiger partial charge in [-0.25, -0.2) is 0 Å². The Labute approximate surface area is 106 Å². The third kappa shape index (κ3) is 3.36. The number of pyridine rings is 1. The second-order valence-corrected chi connectivity index (χ2v) is 4.15. The van der Waals surface area contributed by atoms with Gasteiger partial charge in [-0.2, -0.15) is 0 Å². The number of thiophene rings is 1. The second kappa shape index (κ2) is 6.76. The topological polar surface area (TPSA) is 30.0 Å². The zero-order valence-electron chi connectivity index (χ0n) is 10.0. The van der Waals surface area contributed by atoms with Gasteiger partial charge in [0.25, 0.3) is 0 Å². The molecule has 0 N–H and O–H groups in total. The number of hydrogen-bond donors (Lipinski definition) is 0. The Balaban J connectivity index is 0.000000686. The maximum atomic E-state index is 10.5. The smallest absolute Gasteiger partial charge is 0.160 e. The second-order valence-electron chi connectivity index (χ2n) is 3.03. The number of aromatic nitrogens is 1. The van der Waals surface area contributed by atoms with Crippen LogP contribution in [0.3, 0.4) is 0 Å². The predicted molar refractivity (Wildman–Crippen MR) is 73.4 cm³/mol. The lowest BCUT2D eigenvalue weighted by atomic mass is 10.1. The molecule has 0 spiro atoms. The summed E-state index contributed by atoms with van der Waals surface area (Å²) in [5, 5.41) is 0. The van der Waals surface area contributed by atoms with Gasteiger partial charge < -0.3 is 0 Å². The average Bonchev–Trinajstić information content (AvgIpc) is 2.90. The van der Waals surface area contributed by atoms with Crippen molar-refractivity contribution in [3.8, 4) is 0 Å². The highest BCUT2D eigenvalue weighted by molar-refractivity contribution is 7.14. The highest BCUT2D eigenvalue weighted by Crippen LogP contribution is 2.26. The van der Waals surface area contributed by atoms with Gasteiger partial charge in [0.15, 0.2) is 6.29 Å². The molecule has 0 saturated carbocycles. The lowest BCUT2D eigenvalue weighted by molar-refractivity contribution is 0.112. The van der Waals surface area contributed by atoms with Gasteiger partial charge in [0.05, 0.1) is 4.88 Å². The van der Waals surface area contributed by atoms with E-state index in [1.165, 1.54) is 11.3 Å². The number of aldehydes is 1. The Bertz CT molecular complexity index is 488. The minimum absolute atomic E-state index is 0.722. The van der Waals surface area contributed by atoms with E-state index in [-0.39, 0.29) is 0 Å². The maximum absolute atomic E-state index is 10.5. The summed E-state index contributed by atoms with van der Waals surface area (Å²) in [4.78, 5) is 16.2. The monoisotopic (exact) mass is 245 g/mol. The van der Waals surface area contributed by atoms with Gasteiger partial charge in [-0.1, -0.05) is 20.4 Å². The van der Waals surface area contributed by atoms with E-state index >= 15 is 0 Å². The van der Waals surface area contributed by atoms with E-state index < -0.39 is 0 Å². The number of rotatable bonds is 3. The Morgan fingerprint density at radius 3 is 2.41 bits per heavy atom. The number of hydrogen-bond acceptors (Lipinski definition) is 3. The van der Waals surface area contributed by atoms with Crippen molar-refractivity contribution < 1.29 is 4.79 Å². The van der Waals surface area contributed by atoms with Gasteiger partial charge in [0, 0.05) is 17.3 Å². The normalized spacial score (nSPS) is 9.06. The molecule has 0 amide bonds. The molecule has 88 valence electrons. The molecule has 0 aliphatic carbocycles. The van der Waals surface area contributed by atoms with Crippen LogP contribution < -0.4 is 0 Å². The molecule has 0 saturated heterocycles. The first-order valence-corrected chi connectivity index (χ1v) is 6.27. The van der Waals surface area contributed by atoms with Gasteiger partial charge in [-0.15, -0.1) is 11.3 Å². The highest BCUT2D eigenvalue weighted by atomic mass is 32.1. The van der Waals surface area contributed by atoms with Crippen LogP contribution in [0, 0.1) is 0 Å². The summed E-state index contributed by atoms with van der Waals surface area (Å²) in [6.45, 7) is 8.01. The molecule has 0 aliphatic heterocycles. The quantitative estimate of drug-likeness (QED) is 0.764. The summed E-state index contributed by atoms with van der Waals surface area (Å²) in [6, 6.07) is 7.53.